The number of aromatic amines is 1. The second-order valence-corrected chi connectivity index (χ2v) is 2.28. The first kappa shape index (κ1) is 7.79. The number of allylic oxidation sites excluding steroid dienone is 1. The highest BCUT2D eigenvalue weighted by atomic mass is 16.5. The molecule has 1 rings (SSSR count). The van der Waals surface area contributed by atoms with Crippen molar-refractivity contribution in [3.05, 3.63) is 35.8 Å². The lowest BCUT2D eigenvalue weighted by Gasteiger charge is -1.94. The predicted octanol–water partition coefficient (Wildman–Crippen LogP) is 1.51. The van der Waals surface area contributed by atoms with Crippen molar-refractivity contribution >= 4 is 6.08 Å². The molecule has 1 N–H and O–H groups in total. The molecule has 1 heterocycles. The highest BCUT2D eigenvalue weighted by Crippen LogP contribution is 1.99. The minimum Gasteiger partial charge on any atom is -0.501 e. The number of pyridine rings is 1. The first-order valence-electron chi connectivity index (χ1n) is 3.52. The lowest BCUT2D eigenvalue weighted by atomic mass is 10.3. The summed E-state index contributed by atoms with van der Waals surface area (Å²) in [5.74, 6) is 0.896. The van der Waals surface area contributed by atoms with Crippen molar-refractivity contribution < 1.29 is 9.72 Å². The molecule has 0 aromatic carbocycles. The number of hydrogen-bond donors (Lipinski definition) is 0. The maximum atomic E-state index is 5.00. The summed E-state index contributed by atoms with van der Waals surface area (Å²) < 4.78 is 5.00. The summed E-state index contributed by atoms with van der Waals surface area (Å²) in [6.07, 6.45) is 3.83. The van der Waals surface area contributed by atoms with Crippen LogP contribution in [-0.4, -0.2) is 7.11 Å². The third-order valence-corrected chi connectivity index (χ3v) is 1.41. The smallest absolute Gasteiger partial charge is 0.206 e. The van der Waals surface area contributed by atoms with Crippen LogP contribution >= 0.6 is 0 Å². The van der Waals surface area contributed by atoms with Gasteiger partial charge in [0.1, 0.15) is 0 Å². The third-order valence-electron chi connectivity index (χ3n) is 1.41. The number of nitrogens with one attached hydrogen (secondary N) is 1. The minimum absolute atomic E-state index is 0.896. The Morgan fingerprint density at radius 1 is 1.55 bits per heavy atom. The average molecular weight is 150 g/mol. The van der Waals surface area contributed by atoms with Crippen molar-refractivity contribution in [1.82, 2.24) is 0 Å². The van der Waals surface area contributed by atoms with Gasteiger partial charge in [-0.2, -0.15) is 0 Å². The molecule has 0 atom stereocenters. The van der Waals surface area contributed by atoms with Gasteiger partial charge in [0.05, 0.1) is 12.9 Å². The van der Waals surface area contributed by atoms with Crippen LogP contribution in [0, 0.1) is 0 Å². The van der Waals surface area contributed by atoms with E-state index in [1.54, 1.807) is 7.11 Å². The van der Waals surface area contributed by atoms with E-state index in [0.29, 0.717) is 0 Å². The normalized spacial score (nSPS) is 11.3. The first-order valence-corrected chi connectivity index (χ1v) is 3.52. The molecular weight excluding hydrogens is 138 g/mol. The van der Waals surface area contributed by atoms with Crippen molar-refractivity contribution in [3.8, 4) is 0 Å². The van der Waals surface area contributed by atoms with Crippen LogP contribution in [0.3, 0.4) is 0 Å². The van der Waals surface area contributed by atoms with Crippen molar-refractivity contribution in [1.29, 1.82) is 0 Å². The standard InChI is InChI=1S/C9H11NO/c1-8(11-2)7-9-5-3-4-6-10-9/h3-7H,1-2H3/p+1/b8-7-. The maximum Gasteiger partial charge on any atom is 0.206 e. The summed E-state index contributed by atoms with van der Waals surface area (Å²) in [5, 5.41) is 0. The summed E-state index contributed by atoms with van der Waals surface area (Å²) in [7, 11) is 1.66. The van der Waals surface area contributed by atoms with Gasteiger partial charge in [-0.25, -0.2) is 4.98 Å². The number of aromatic nitrogens is 1. The number of methoxy groups -OCH3 is 1. The van der Waals surface area contributed by atoms with Crippen LogP contribution in [0.2, 0.25) is 0 Å². The molecule has 0 radical (unpaired) electrons. The molecule has 1 aromatic heterocycles. The fraction of sp³-hybridized carbons (Fsp3) is 0.222. The second kappa shape index (κ2) is 3.76. The molecule has 0 spiro atoms. The molecule has 0 aliphatic rings. The molecule has 11 heavy (non-hydrogen) atoms. The highest BCUT2D eigenvalue weighted by Gasteiger charge is 1.93. The molecule has 2 heteroatoms. The quantitative estimate of drug-likeness (QED) is 0.586. The summed E-state index contributed by atoms with van der Waals surface area (Å²) in [6, 6.07) is 5.91. The fourth-order valence-corrected chi connectivity index (χ4v) is 0.775. The Bertz CT molecular complexity index is 241. The van der Waals surface area contributed by atoms with E-state index in [4.69, 9.17) is 4.74 Å². The van der Waals surface area contributed by atoms with E-state index in [1.807, 2.05) is 37.4 Å². The number of hydrogen-bond acceptors (Lipinski definition) is 1. The summed E-state index contributed by atoms with van der Waals surface area (Å²) in [5.41, 5.74) is 1.05. The van der Waals surface area contributed by atoms with E-state index < -0.39 is 0 Å². The zero-order valence-electron chi connectivity index (χ0n) is 6.79. The molecule has 2 nitrogen and oxygen atoms in total. The van der Waals surface area contributed by atoms with Gasteiger partial charge >= 0.3 is 0 Å². The molecule has 0 unspecified atom stereocenters. The van der Waals surface area contributed by atoms with Gasteiger partial charge in [0, 0.05) is 18.2 Å². The molecular formula is C9H12NO+. The largest absolute Gasteiger partial charge is 0.501 e. The SMILES string of the molecule is CO/C(C)=C\c1cccc[nH+]1. The maximum absolute atomic E-state index is 5.00. The van der Waals surface area contributed by atoms with Gasteiger partial charge in [0.25, 0.3) is 0 Å². The zero-order chi connectivity index (χ0) is 8.10. The number of rotatable bonds is 2. The van der Waals surface area contributed by atoms with Crippen molar-refractivity contribution in [2.75, 3.05) is 7.11 Å². The monoisotopic (exact) mass is 150 g/mol. The fourth-order valence-electron chi connectivity index (χ4n) is 0.775. The van der Waals surface area contributed by atoms with Crippen LogP contribution in [0.25, 0.3) is 6.08 Å². The molecule has 0 amide bonds. The van der Waals surface area contributed by atoms with Gasteiger partial charge in [-0.3, -0.25) is 0 Å². The zero-order valence-corrected chi connectivity index (χ0v) is 6.79. The van der Waals surface area contributed by atoms with Crippen molar-refractivity contribution in [2.45, 2.75) is 6.92 Å². The summed E-state index contributed by atoms with van der Waals surface area (Å²) >= 11 is 0. The Kier molecular flexibility index (Phi) is 2.66. The van der Waals surface area contributed by atoms with Gasteiger partial charge in [0.2, 0.25) is 5.69 Å². The molecule has 0 saturated heterocycles. The van der Waals surface area contributed by atoms with Crippen LogP contribution in [0.4, 0.5) is 0 Å². The molecule has 0 aliphatic heterocycles. The average Bonchev–Trinajstić information content (AvgIpc) is 2.06. The molecule has 0 aliphatic carbocycles. The van der Waals surface area contributed by atoms with Crippen molar-refractivity contribution in [2.24, 2.45) is 0 Å². The summed E-state index contributed by atoms with van der Waals surface area (Å²) in [4.78, 5) is 3.08. The Hall–Kier alpha value is -1.31. The van der Waals surface area contributed by atoms with Gasteiger partial charge in [-0.15, -0.1) is 0 Å². The first-order chi connectivity index (χ1) is 5.33. The van der Waals surface area contributed by atoms with Crippen LogP contribution in [0.5, 0.6) is 0 Å². The molecule has 1 aromatic rings. The molecule has 0 saturated carbocycles. The van der Waals surface area contributed by atoms with Gasteiger partial charge < -0.3 is 4.74 Å². The van der Waals surface area contributed by atoms with E-state index in [9.17, 15) is 0 Å². The van der Waals surface area contributed by atoms with E-state index in [1.165, 1.54) is 0 Å². The van der Waals surface area contributed by atoms with Crippen LogP contribution in [0.1, 0.15) is 12.6 Å². The van der Waals surface area contributed by atoms with Gasteiger partial charge in [0.15, 0.2) is 6.20 Å². The summed E-state index contributed by atoms with van der Waals surface area (Å²) in [6.45, 7) is 1.92. The van der Waals surface area contributed by atoms with Crippen LogP contribution in [0.15, 0.2) is 30.2 Å². The van der Waals surface area contributed by atoms with Crippen LogP contribution in [-0.2, 0) is 4.74 Å². The Labute approximate surface area is 66.5 Å². The Morgan fingerprint density at radius 2 is 2.36 bits per heavy atom. The highest BCUT2D eigenvalue weighted by molar-refractivity contribution is 5.42. The third kappa shape index (κ3) is 2.42. The van der Waals surface area contributed by atoms with E-state index >= 15 is 0 Å². The molecule has 58 valence electrons. The Morgan fingerprint density at radius 3 is 2.91 bits per heavy atom. The number of H-pyrrole nitrogens is 1. The minimum atomic E-state index is 0.896. The van der Waals surface area contributed by atoms with Crippen LogP contribution < -0.4 is 4.98 Å². The van der Waals surface area contributed by atoms with E-state index in [0.717, 1.165) is 11.5 Å². The van der Waals surface area contributed by atoms with E-state index in [2.05, 4.69) is 4.98 Å². The number of ether oxygens (including phenoxy) is 1. The Balaban J connectivity index is 2.79. The predicted molar refractivity (Wildman–Crippen MR) is 43.7 cm³/mol. The lowest BCUT2D eigenvalue weighted by Crippen LogP contribution is -2.04. The van der Waals surface area contributed by atoms with E-state index in [-0.39, 0.29) is 0 Å². The van der Waals surface area contributed by atoms with Gasteiger partial charge in [-0.05, 0) is 13.0 Å². The second-order valence-electron chi connectivity index (χ2n) is 2.28. The topological polar surface area (TPSA) is 23.4 Å². The molecule has 0 bridgehead atoms. The molecule has 0 fully saturated rings. The van der Waals surface area contributed by atoms with Gasteiger partial charge in [-0.1, -0.05) is 0 Å². The lowest BCUT2D eigenvalue weighted by molar-refractivity contribution is -0.381. The van der Waals surface area contributed by atoms with Crippen molar-refractivity contribution in [3.63, 3.8) is 0 Å².